The maximum Gasteiger partial charge on any atom is 0.129 e. The summed E-state index contributed by atoms with van der Waals surface area (Å²) in [4.78, 5) is 3.43. The smallest absolute Gasteiger partial charge is 0.129 e. The van der Waals surface area contributed by atoms with Crippen LogP contribution in [0.4, 0.5) is 10.1 Å². The summed E-state index contributed by atoms with van der Waals surface area (Å²) in [6.07, 6.45) is 0. The molecule has 0 radical (unpaired) electrons. The Morgan fingerprint density at radius 1 is 1.19 bits per heavy atom. The highest BCUT2D eigenvalue weighted by atomic mass is 32.1. The molecule has 0 aliphatic rings. The Hall–Kier alpha value is -1.39. The topological polar surface area (TPSA) is 15.3 Å². The van der Waals surface area contributed by atoms with Crippen LogP contribution < -0.4 is 10.2 Å². The van der Waals surface area contributed by atoms with Crippen molar-refractivity contribution in [2.75, 3.05) is 11.9 Å². The highest BCUT2D eigenvalue weighted by molar-refractivity contribution is 7.10. The third kappa shape index (κ3) is 3.83. The molecule has 0 saturated carbocycles. The molecule has 0 amide bonds. The highest BCUT2D eigenvalue weighted by Gasteiger charge is 2.18. The first-order valence-corrected chi connectivity index (χ1v) is 8.15. The summed E-state index contributed by atoms with van der Waals surface area (Å²) in [6, 6.07) is 10.0. The van der Waals surface area contributed by atoms with Crippen LogP contribution in [0, 0.1) is 5.82 Å². The Kier molecular flexibility index (Phi) is 5.37. The van der Waals surface area contributed by atoms with Gasteiger partial charge in [0.15, 0.2) is 0 Å². The van der Waals surface area contributed by atoms with Crippen molar-refractivity contribution in [1.82, 2.24) is 5.32 Å². The second kappa shape index (κ2) is 7.05. The third-order valence-electron chi connectivity index (χ3n) is 3.70. The van der Waals surface area contributed by atoms with Crippen molar-refractivity contribution in [2.24, 2.45) is 0 Å². The average Bonchev–Trinajstić information content (AvgIpc) is 2.98. The van der Waals surface area contributed by atoms with E-state index in [1.807, 2.05) is 13.1 Å². The van der Waals surface area contributed by atoms with Gasteiger partial charge >= 0.3 is 0 Å². The predicted molar refractivity (Wildman–Crippen MR) is 89.5 cm³/mol. The van der Waals surface area contributed by atoms with E-state index < -0.39 is 0 Å². The molecule has 0 spiro atoms. The Morgan fingerprint density at radius 2 is 1.95 bits per heavy atom. The number of anilines is 1. The Morgan fingerprint density at radius 3 is 2.57 bits per heavy atom. The number of hydrogen-bond donors (Lipinski definition) is 1. The van der Waals surface area contributed by atoms with Crippen molar-refractivity contribution < 1.29 is 4.39 Å². The second-order valence-corrected chi connectivity index (χ2v) is 6.55. The Bertz CT molecular complexity index is 566. The van der Waals surface area contributed by atoms with Gasteiger partial charge in [-0.3, -0.25) is 0 Å². The zero-order chi connectivity index (χ0) is 15.4. The molecule has 1 unspecified atom stereocenters. The number of nitrogens with one attached hydrogen (secondary N) is 1. The Labute approximate surface area is 130 Å². The fourth-order valence-corrected chi connectivity index (χ4v) is 3.11. The summed E-state index contributed by atoms with van der Waals surface area (Å²) >= 11 is 1.73. The maximum atomic E-state index is 14.2. The number of rotatable bonds is 6. The van der Waals surface area contributed by atoms with Gasteiger partial charge in [0.25, 0.3) is 0 Å². The van der Waals surface area contributed by atoms with Gasteiger partial charge in [0.05, 0.1) is 6.04 Å². The van der Waals surface area contributed by atoms with Crippen molar-refractivity contribution in [3.8, 4) is 0 Å². The van der Waals surface area contributed by atoms with Crippen LogP contribution >= 0.6 is 11.3 Å². The largest absolute Gasteiger partial charge is 0.367 e. The number of nitrogens with zero attached hydrogens (tertiary/aromatic N) is 1. The molecule has 4 heteroatoms. The minimum Gasteiger partial charge on any atom is -0.367 e. The summed E-state index contributed by atoms with van der Waals surface area (Å²) in [6.45, 7) is 6.83. The van der Waals surface area contributed by atoms with Crippen LogP contribution in [0.5, 0.6) is 0 Å². The van der Waals surface area contributed by atoms with E-state index in [9.17, 15) is 4.39 Å². The van der Waals surface area contributed by atoms with Crippen LogP contribution in [0.3, 0.4) is 0 Å². The standard InChI is InChI=1S/C17H23FN2S/c1-12(2)19-11-14-15(18)7-5-8-16(14)20(4)13(3)17-9-6-10-21-17/h5-10,12-13,19H,11H2,1-4H3. The van der Waals surface area contributed by atoms with E-state index in [1.165, 1.54) is 10.9 Å². The monoisotopic (exact) mass is 306 g/mol. The van der Waals surface area contributed by atoms with Gasteiger partial charge in [-0.15, -0.1) is 11.3 Å². The fourth-order valence-electron chi connectivity index (χ4n) is 2.29. The zero-order valence-corrected chi connectivity index (χ0v) is 13.9. The molecule has 2 nitrogen and oxygen atoms in total. The summed E-state index contributed by atoms with van der Waals surface area (Å²) in [7, 11) is 2.03. The van der Waals surface area contributed by atoms with Crippen LogP contribution in [-0.2, 0) is 6.54 Å². The lowest BCUT2D eigenvalue weighted by atomic mass is 10.1. The van der Waals surface area contributed by atoms with Crippen LogP contribution in [0.25, 0.3) is 0 Å². The van der Waals surface area contributed by atoms with Crippen LogP contribution in [0.15, 0.2) is 35.7 Å². The van der Waals surface area contributed by atoms with Crippen molar-refractivity contribution in [3.63, 3.8) is 0 Å². The molecule has 1 heterocycles. The van der Waals surface area contributed by atoms with E-state index in [1.54, 1.807) is 17.4 Å². The van der Waals surface area contributed by atoms with Gasteiger partial charge in [0.1, 0.15) is 5.82 Å². The molecule has 1 N–H and O–H groups in total. The molecule has 0 aliphatic heterocycles. The van der Waals surface area contributed by atoms with Gasteiger partial charge in [0.2, 0.25) is 0 Å². The SMILES string of the molecule is CC(C)NCc1c(F)cccc1N(C)C(C)c1cccs1. The van der Waals surface area contributed by atoms with E-state index in [-0.39, 0.29) is 11.9 Å². The third-order valence-corrected chi connectivity index (χ3v) is 4.74. The Balaban J connectivity index is 2.27. The van der Waals surface area contributed by atoms with Gasteiger partial charge in [-0.25, -0.2) is 4.39 Å². The maximum absolute atomic E-state index is 14.2. The average molecular weight is 306 g/mol. The second-order valence-electron chi connectivity index (χ2n) is 5.58. The number of halogens is 1. The van der Waals surface area contributed by atoms with Crippen molar-refractivity contribution in [3.05, 3.63) is 52.0 Å². The summed E-state index contributed by atoms with van der Waals surface area (Å²) in [5, 5.41) is 5.38. The van der Waals surface area contributed by atoms with Gasteiger partial charge in [0, 0.05) is 35.8 Å². The minimum absolute atomic E-state index is 0.147. The molecular weight excluding hydrogens is 283 g/mol. The predicted octanol–water partition coefficient (Wildman–Crippen LogP) is 4.58. The first-order chi connectivity index (χ1) is 10.0. The van der Waals surface area contributed by atoms with Gasteiger partial charge in [-0.2, -0.15) is 0 Å². The van der Waals surface area contributed by atoms with Gasteiger partial charge in [-0.1, -0.05) is 26.0 Å². The number of thiophene rings is 1. The molecule has 0 aliphatic carbocycles. The molecule has 21 heavy (non-hydrogen) atoms. The zero-order valence-electron chi connectivity index (χ0n) is 13.1. The molecule has 0 bridgehead atoms. The number of benzene rings is 1. The molecule has 1 atom stereocenters. The van der Waals surface area contributed by atoms with Crippen molar-refractivity contribution in [1.29, 1.82) is 0 Å². The first-order valence-electron chi connectivity index (χ1n) is 7.27. The number of hydrogen-bond acceptors (Lipinski definition) is 3. The lowest BCUT2D eigenvalue weighted by Crippen LogP contribution is -2.27. The normalized spacial score (nSPS) is 12.7. The minimum atomic E-state index is -0.147. The molecule has 0 saturated heterocycles. The first kappa shape index (κ1) is 16.0. The molecule has 1 aromatic carbocycles. The summed E-state index contributed by atoms with van der Waals surface area (Å²) in [5.74, 6) is -0.147. The van der Waals surface area contributed by atoms with Crippen molar-refractivity contribution >= 4 is 17.0 Å². The highest BCUT2D eigenvalue weighted by Crippen LogP contribution is 2.31. The molecule has 2 aromatic rings. The molecule has 2 rings (SSSR count). The lowest BCUT2D eigenvalue weighted by Gasteiger charge is -2.29. The molecule has 0 fully saturated rings. The lowest BCUT2D eigenvalue weighted by molar-refractivity contribution is 0.551. The fraction of sp³-hybridized carbons (Fsp3) is 0.412. The van der Waals surface area contributed by atoms with Crippen LogP contribution in [0.1, 0.15) is 37.3 Å². The van der Waals surface area contributed by atoms with E-state index in [0.29, 0.717) is 12.6 Å². The molecule has 114 valence electrons. The summed E-state index contributed by atoms with van der Waals surface area (Å²) < 4.78 is 14.2. The van der Waals surface area contributed by atoms with Gasteiger partial charge in [-0.05, 0) is 30.5 Å². The van der Waals surface area contributed by atoms with E-state index >= 15 is 0 Å². The van der Waals surface area contributed by atoms with E-state index in [0.717, 1.165) is 11.3 Å². The van der Waals surface area contributed by atoms with Crippen LogP contribution in [0.2, 0.25) is 0 Å². The van der Waals surface area contributed by atoms with Gasteiger partial charge < -0.3 is 10.2 Å². The summed E-state index contributed by atoms with van der Waals surface area (Å²) in [5.41, 5.74) is 1.68. The van der Waals surface area contributed by atoms with E-state index in [2.05, 4.69) is 48.5 Å². The van der Waals surface area contributed by atoms with Crippen LogP contribution in [-0.4, -0.2) is 13.1 Å². The quantitative estimate of drug-likeness (QED) is 0.840. The molecule has 1 aromatic heterocycles. The van der Waals surface area contributed by atoms with E-state index in [4.69, 9.17) is 0 Å². The molecular formula is C17H23FN2S. The van der Waals surface area contributed by atoms with Crippen molar-refractivity contribution in [2.45, 2.75) is 39.4 Å².